The van der Waals surface area contributed by atoms with Crippen LogP contribution in [0, 0.1) is 46.3 Å². The van der Waals surface area contributed by atoms with Crippen molar-refractivity contribution in [3.8, 4) is 0 Å². The molecule has 0 radical (unpaired) electrons. The van der Waals surface area contributed by atoms with Crippen molar-refractivity contribution < 1.29 is 86.1 Å². The summed E-state index contributed by atoms with van der Waals surface area (Å²) < 4.78 is 169. The number of carbonyl (C=O) groups excluding carboxylic acids is 4. The zero-order valence-corrected chi connectivity index (χ0v) is 27.0. The SMILES string of the molecule is C[C@H](CCC(=O)OC(C(F)(F)F)C(F)(F)F)[C@H]1CC[C@H]2[C@@H]3[C@H](OC(=O)C(F)(F)F)C(=O)[C@@H]4C[C@H](OC(=O)C(F)(F)F)CC[C@]4(C)[C@H]3CC[C@]12C. The summed E-state index contributed by atoms with van der Waals surface area (Å²) >= 11 is 0. The number of Topliss-reactive ketones (excluding diaryl/α,β-unsaturated/α-hetero) is 1. The Morgan fingerprint density at radius 2 is 1.28 bits per heavy atom. The fourth-order valence-electron chi connectivity index (χ4n) is 9.63. The average Bonchev–Trinajstić information content (AvgIpc) is 3.32. The molecule has 7 nitrogen and oxygen atoms in total. The first-order valence-corrected chi connectivity index (χ1v) is 16.0. The topological polar surface area (TPSA) is 96.0 Å². The van der Waals surface area contributed by atoms with Gasteiger partial charge in [-0.15, -0.1) is 0 Å². The van der Waals surface area contributed by atoms with Gasteiger partial charge < -0.3 is 14.2 Å². The van der Waals surface area contributed by atoms with E-state index in [2.05, 4.69) is 9.47 Å². The molecule has 19 heteroatoms. The zero-order valence-electron chi connectivity index (χ0n) is 27.0. The van der Waals surface area contributed by atoms with Crippen molar-refractivity contribution in [3.63, 3.8) is 0 Å². The molecule has 4 aliphatic rings. The zero-order chi connectivity index (χ0) is 38.0. The molecule has 0 amide bonds. The van der Waals surface area contributed by atoms with Crippen molar-refractivity contribution in [1.82, 2.24) is 0 Å². The van der Waals surface area contributed by atoms with Crippen LogP contribution in [0.5, 0.6) is 0 Å². The lowest BCUT2D eigenvalue weighted by molar-refractivity contribution is -0.313. The van der Waals surface area contributed by atoms with Gasteiger partial charge in [-0.3, -0.25) is 9.59 Å². The molecule has 0 spiro atoms. The Morgan fingerprint density at radius 1 is 0.760 bits per heavy atom. The standard InChI is InChI=1S/C31H36F12O7/c1-13(4-7-19(44)49-23(28(32,33)34)29(35,36)37)15-5-6-16-20-17(9-11-26(15,16)2)27(3)10-8-14(48-24(46)30(38,39)40)12-18(27)21(45)22(20)50-25(47)31(41,42)43/h13-18,20,22-23H,4-12H2,1-3H3/t13-,14-,15-,16+,17+,18+,20+,22+,26-,27-/m1/s1. The predicted molar refractivity (Wildman–Crippen MR) is 143 cm³/mol. The predicted octanol–water partition coefficient (Wildman–Crippen LogP) is 7.84. The van der Waals surface area contributed by atoms with Gasteiger partial charge in [0.25, 0.3) is 6.10 Å². The maximum atomic E-state index is 14.0. The molecule has 10 atom stereocenters. The molecule has 0 aromatic heterocycles. The fourth-order valence-corrected chi connectivity index (χ4v) is 9.63. The number of rotatable bonds is 7. The largest absolute Gasteiger partial charge is 0.490 e. The number of halogens is 12. The highest BCUT2D eigenvalue weighted by molar-refractivity contribution is 5.90. The number of esters is 3. The molecule has 0 saturated heterocycles. The molecule has 50 heavy (non-hydrogen) atoms. The van der Waals surface area contributed by atoms with E-state index in [9.17, 15) is 71.9 Å². The van der Waals surface area contributed by atoms with Crippen LogP contribution >= 0.6 is 0 Å². The molecule has 0 aliphatic heterocycles. The Morgan fingerprint density at radius 3 is 1.82 bits per heavy atom. The van der Waals surface area contributed by atoms with Gasteiger partial charge >= 0.3 is 42.6 Å². The van der Waals surface area contributed by atoms with Crippen LogP contribution in [-0.4, -0.2) is 66.7 Å². The van der Waals surface area contributed by atoms with Crippen LogP contribution in [-0.2, 0) is 33.4 Å². The number of hydrogen-bond donors (Lipinski definition) is 0. The monoisotopic (exact) mass is 748 g/mol. The second kappa shape index (κ2) is 13.3. The summed E-state index contributed by atoms with van der Waals surface area (Å²) in [7, 11) is 0. The minimum atomic E-state index is -5.89. The van der Waals surface area contributed by atoms with E-state index in [-0.39, 0.29) is 31.6 Å². The molecule has 4 aliphatic carbocycles. The third-order valence-corrected chi connectivity index (χ3v) is 11.8. The van der Waals surface area contributed by atoms with Gasteiger partial charge in [0.2, 0.25) is 0 Å². The van der Waals surface area contributed by atoms with Crippen molar-refractivity contribution in [1.29, 1.82) is 0 Å². The van der Waals surface area contributed by atoms with E-state index in [0.29, 0.717) is 19.3 Å². The van der Waals surface area contributed by atoms with Crippen molar-refractivity contribution in [3.05, 3.63) is 0 Å². The smallest absolute Gasteiger partial charge is 0.456 e. The van der Waals surface area contributed by atoms with E-state index in [0.717, 1.165) is 0 Å². The molecule has 0 N–H and O–H groups in total. The molecule has 4 fully saturated rings. The Kier molecular flexibility index (Phi) is 10.7. The van der Waals surface area contributed by atoms with Gasteiger partial charge in [-0.05, 0) is 85.9 Å². The lowest BCUT2D eigenvalue weighted by Gasteiger charge is -2.62. The van der Waals surface area contributed by atoms with E-state index in [1.807, 2.05) is 0 Å². The highest BCUT2D eigenvalue weighted by Gasteiger charge is 2.67. The molecule has 286 valence electrons. The van der Waals surface area contributed by atoms with Crippen LogP contribution in [0.25, 0.3) is 0 Å². The van der Waals surface area contributed by atoms with E-state index >= 15 is 0 Å². The quantitative estimate of drug-likeness (QED) is 0.149. The van der Waals surface area contributed by atoms with Gasteiger partial charge in [-0.25, -0.2) is 9.59 Å². The van der Waals surface area contributed by atoms with Crippen molar-refractivity contribution >= 4 is 23.7 Å². The van der Waals surface area contributed by atoms with Gasteiger partial charge in [0.05, 0.1) is 0 Å². The van der Waals surface area contributed by atoms with Gasteiger partial charge in [-0.1, -0.05) is 20.8 Å². The van der Waals surface area contributed by atoms with E-state index in [1.54, 1.807) is 20.8 Å². The summed E-state index contributed by atoms with van der Waals surface area (Å²) in [5.41, 5.74) is -1.76. The molecule has 0 heterocycles. The van der Waals surface area contributed by atoms with Gasteiger partial charge in [0.1, 0.15) is 6.10 Å². The molecule has 0 aromatic carbocycles. The molecule has 4 saturated carbocycles. The Hall–Kier alpha value is -2.76. The minimum absolute atomic E-state index is 0.0699. The van der Waals surface area contributed by atoms with Crippen LogP contribution in [0.15, 0.2) is 0 Å². The van der Waals surface area contributed by atoms with Crippen LogP contribution in [0.4, 0.5) is 52.7 Å². The van der Waals surface area contributed by atoms with Crippen LogP contribution in [0.1, 0.15) is 78.6 Å². The van der Waals surface area contributed by atoms with Gasteiger partial charge in [-0.2, -0.15) is 52.7 Å². The molecule has 0 unspecified atom stereocenters. The number of fused-ring (bicyclic) bond motifs is 5. The summed E-state index contributed by atoms with van der Waals surface area (Å²) in [6.07, 6.45) is -30.3. The van der Waals surface area contributed by atoms with Crippen molar-refractivity contribution in [2.75, 3.05) is 0 Å². The molecule has 4 rings (SSSR count). The summed E-state index contributed by atoms with van der Waals surface area (Å²) in [5, 5.41) is 0. The first-order valence-electron chi connectivity index (χ1n) is 16.0. The maximum absolute atomic E-state index is 14.0. The third-order valence-electron chi connectivity index (χ3n) is 11.8. The summed E-state index contributed by atoms with van der Waals surface area (Å²) in [4.78, 5) is 49.7. The van der Waals surface area contributed by atoms with Gasteiger partial charge in [0, 0.05) is 18.3 Å². The fraction of sp³-hybridized carbons (Fsp3) is 0.871. The number of hydrogen-bond acceptors (Lipinski definition) is 7. The normalized spacial score (nSPS) is 35.4. The van der Waals surface area contributed by atoms with E-state index in [1.165, 1.54) is 0 Å². The number of ether oxygens (including phenoxy) is 3. The Labute approximate surface area is 278 Å². The number of carbonyl (C=O) groups is 4. The van der Waals surface area contributed by atoms with Crippen LogP contribution in [0.3, 0.4) is 0 Å². The third kappa shape index (κ3) is 7.70. The lowest BCUT2D eigenvalue weighted by atomic mass is 9.43. The molecule has 0 bridgehead atoms. The Bertz CT molecular complexity index is 1310. The van der Waals surface area contributed by atoms with Gasteiger partial charge in [0.15, 0.2) is 11.9 Å². The highest BCUT2D eigenvalue weighted by Crippen LogP contribution is 2.68. The lowest BCUT2D eigenvalue weighted by Crippen LogP contribution is -2.64. The Balaban J connectivity index is 1.57. The second-order valence-corrected chi connectivity index (χ2v) is 14.6. The summed E-state index contributed by atoms with van der Waals surface area (Å²) in [5.74, 6) is -12.0. The summed E-state index contributed by atoms with van der Waals surface area (Å²) in [6, 6.07) is 0. The maximum Gasteiger partial charge on any atom is 0.490 e. The molecular formula is C31H36F12O7. The summed E-state index contributed by atoms with van der Waals surface area (Å²) in [6.45, 7) is 5.10. The van der Waals surface area contributed by atoms with E-state index in [4.69, 9.17) is 4.74 Å². The minimum Gasteiger partial charge on any atom is -0.456 e. The number of alkyl halides is 12. The molecule has 0 aromatic rings. The average molecular weight is 749 g/mol. The van der Waals surface area contributed by atoms with Crippen molar-refractivity contribution in [2.24, 2.45) is 46.3 Å². The first kappa shape index (κ1) is 40.0. The second-order valence-electron chi connectivity index (χ2n) is 14.6. The van der Waals surface area contributed by atoms with Crippen molar-refractivity contribution in [2.45, 2.75) is 122 Å². The van der Waals surface area contributed by atoms with Crippen LogP contribution in [0.2, 0.25) is 0 Å². The first-order chi connectivity index (χ1) is 22.6. The van der Waals surface area contributed by atoms with E-state index < -0.39 is 120 Å². The number of ketones is 1. The highest BCUT2D eigenvalue weighted by atomic mass is 19.4. The molecular weight excluding hydrogens is 712 g/mol. The van der Waals surface area contributed by atoms with Crippen LogP contribution < -0.4 is 0 Å².